The Hall–Kier alpha value is -3.94. The van der Waals surface area contributed by atoms with Crippen LogP contribution in [-0.2, 0) is 39.7 Å². The van der Waals surface area contributed by atoms with Gasteiger partial charge in [0.2, 0.25) is 11.7 Å². The molecule has 2 bridgehead atoms. The van der Waals surface area contributed by atoms with Gasteiger partial charge in [-0.2, -0.15) is 0 Å². The van der Waals surface area contributed by atoms with Crippen molar-refractivity contribution in [3.05, 3.63) is 107 Å². The molecule has 0 aliphatic carbocycles. The number of fused-ring (bicyclic) bond motifs is 2. The van der Waals surface area contributed by atoms with Gasteiger partial charge in [0.15, 0.2) is 12.1 Å². The molecule has 5 heterocycles. The highest BCUT2D eigenvalue weighted by molar-refractivity contribution is 7.09. The Morgan fingerprint density at radius 2 is 1.33 bits per heavy atom. The lowest BCUT2D eigenvalue weighted by Gasteiger charge is -2.47. The topological polar surface area (TPSA) is 388 Å². The largest absolute Gasteiger partial charge is 0.462 e. The van der Waals surface area contributed by atoms with E-state index in [1.54, 1.807) is 86.8 Å². The van der Waals surface area contributed by atoms with E-state index in [2.05, 4.69) is 10.6 Å². The predicted octanol–water partition coefficient (Wildman–Crippen LogP) is -0.520. The molecular weight excluding hydrogens is 1100 g/mol. The first-order valence-electron chi connectivity index (χ1n) is 28.5. The molecule has 4 aliphatic rings. The van der Waals surface area contributed by atoms with Gasteiger partial charge < -0.3 is 106 Å². The van der Waals surface area contributed by atoms with Crippen LogP contribution in [0, 0.1) is 17.8 Å². The van der Waals surface area contributed by atoms with Crippen molar-refractivity contribution in [3.8, 4) is 0 Å². The van der Waals surface area contributed by atoms with E-state index in [0.29, 0.717) is 6.42 Å². The Kier molecular flexibility index (Phi) is 28.5. The summed E-state index contributed by atoms with van der Waals surface area (Å²) in [5.74, 6) is -8.37. The van der Waals surface area contributed by atoms with E-state index in [1.165, 1.54) is 24.3 Å². The third kappa shape index (κ3) is 21.8. The molecule has 3 saturated heterocycles. The molecule has 23 nitrogen and oxygen atoms in total. The van der Waals surface area contributed by atoms with Gasteiger partial charge in [0, 0.05) is 48.9 Å². The van der Waals surface area contributed by atoms with Gasteiger partial charge >= 0.3 is 5.97 Å². The molecule has 24 heteroatoms. The number of esters is 1. The predicted molar refractivity (Wildman–Crippen MR) is 303 cm³/mol. The molecule has 1 amide bonds. The molecule has 3 unspecified atom stereocenters. The highest BCUT2D eigenvalue weighted by Gasteiger charge is 2.53. The summed E-state index contributed by atoms with van der Waals surface area (Å²) in [5.41, 5.74) is 0. The molecular formula is C59H90N2O21S. The van der Waals surface area contributed by atoms with Crippen LogP contribution in [0.25, 0.3) is 0 Å². The summed E-state index contributed by atoms with van der Waals surface area (Å²) in [6.45, 7) is 5.65. The van der Waals surface area contributed by atoms with Crippen LogP contribution in [0.1, 0.15) is 83.9 Å². The van der Waals surface area contributed by atoms with Crippen molar-refractivity contribution in [2.75, 3.05) is 19.7 Å². The fraction of sp³-hybridized carbons (Fsp3) is 0.661. The molecule has 468 valence electrons. The number of carbonyl (C=O) groups excluding carboxylic acids is 2. The van der Waals surface area contributed by atoms with E-state index in [-0.39, 0.29) is 38.1 Å². The molecule has 16 N–H and O–H groups in total. The van der Waals surface area contributed by atoms with Crippen molar-refractivity contribution < 1.29 is 105 Å². The summed E-state index contributed by atoms with van der Waals surface area (Å²) in [6.07, 6.45) is -2.57. The number of aliphatic hydroxyl groups excluding tert-OH is 12. The fourth-order valence-corrected chi connectivity index (χ4v) is 11.1. The van der Waals surface area contributed by atoms with E-state index in [9.17, 15) is 81.1 Å². The third-order valence-corrected chi connectivity index (χ3v) is 16.4. The molecule has 0 saturated carbocycles. The Morgan fingerprint density at radius 3 is 1.96 bits per heavy atom. The number of rotatable bonds is 9. The summed E-state index contributed by atoms with van der Waals surface area (Å²) in [6, 6.07) is 2.42. The van der Waals surface area contributed by atoms with Gasteiger partial charge in [-0.25, -0.2) is 0 Å². The number of cyclic esters (lactones) is 1. The van der Waals surface area contributed by atoms with Gasteiger partial charge in [0.25, 0.3) is 0 Å². The van der Waals surface area contributed by atoms with E-state index < -0.39 is 184 Å². The van der Waals surface area contributed by atoms with E-state index in [1.807, 2.05) is 30.5 Å². The molecule has 1 aromatic heterocycles. The maximum absolute atomic E-state index is 14.1. The number of allylic oxidation sites excluding steroid dienone is 12. The quantitative estimate of drug-likeness (QED) is 0.138. The number of ether oxygens (including phenoxy) is 5. The third-order valence-electron chi connectivity index (χ3n) is 15.5. The smallest absolute Gasteiger partial charge is 0.308 e. The monoisotopic (exact) mass is 1190 g/mol. The molecule has 23 atom stereocenters. The number of amides is 1. The first-order valence-corrected chi connectivity index (χ1v) is 29.3. The van der Waals surface area contributed by atoms with Crippen molar-refractivity contribution >= 4 is 23.2 Å². The maximum atomic E-state index is 14.1. The highest BCUT2D eigenvalue weighted by Crippen LogP contribution is 2.39. The molecule has 0 spiro atoms. The van der Waals surface area contributed by atoms with Crippen LogP contribution in [0.4, 0.5) is 0 Å². The zero-order chi connectivity index (χ0) is 61.0. The van der Waals surface area contributed by atoms with E-state index in [0.717, 1.165) is 4.88 Å². The second-order valence-corrected chi connectivity index (χ2v) is 23.4. The van der Waals surface area contributed by atoms with Gasteiger partial charge in [-0.15, -0.1) is 11.3 Å². The van der Waals surface area contributed by atoms with E-state index in [4.69, 9.17) is 23.7 Å². The number of carbonyl (C=O) groups is 2. The Balaban J connectivity index is 1.42. The van der Waals surface area contributed by atoms with Crippen LogP contribution >= 0.6 is 11.3 Å². The number of nitrogens with one attached hydrogen (secondary N) is 2. The number of aliphatic hydroxyl groups is 14. The summed E-state index contributed by atoms with van der Waals surface area (Å²) < 4.78 is 29.5. The number of hydrogen-bond donors (Lipinski definition) is 16. The van der Waals surface area contributed by atoms with Crippen molar-refractivity contribution in [1.82, 2.24) is 10.6 Å². The molecule has 1 aromatic rings. The Bertz CT molecular complexity index is 2320. The zero-order valence-corrected chi connectivity index (χ0v) is 48.3. The lowest BCUT2D eigenvalue weighted by atomic mass is 9.82. The summed E-state index contributed by atoms with van der Waals surface area (Å²) in [7, 11) is 0. The van der Waals surface area contributed by atoms with Crippen molar-refractivity contribution in [1.29, 1.82) is 0 Å². The van der Waals surface area contributed by atoms with Crippen molar-refractivity contribution in [2.24, 2.45) is 17.8 Å². The SMILES string of the molecule is CC1[C@H](C)OC(=O)C[C@H](O)C[C@H](O)CC[C@@H](O)[C@H](O)C[C@H](O)C[C@]2(O)C[C@H](O)C(C(=O)NCCc3cccs3)C(C[C@@H](O[C@@H]3O[C@H](C)[C@@H](O)[C@H](NC[C@@]4(O)OC[C@@H](O)[C@H](O)[C@@H]4O)[C@@H]3O)/C=C/C=C/C=C/C=C/C=C/C=C/C=C/[C@H](C)[C@H]1O)O2. The second kappa shape index (κ2) is 33.8. The summed E-state index contributed by atoms with van der Waals surface area (Å²) >= 11 is 1.49. The average molecular weight is 1200 g/mol. The van der Waals surface area contributed by atoms with E-state index >= 15 is 0 Å². The van der Waals surface area contributed by atoms with Gasteiger partial charge in [-0.05, 0) is 51.0 Å². The van der Waals surface area contributed by atoms with Gasteiger partial charge in [0.1, 0.15) is 30.5 Å². The summed E-state index contributed by atoms with van der Waals surface area (Å²) in [5, 5.41) is 162. The molecule has 0 radical (unpaired) electrons. The molecule has 3 fully saturated rings. The average Bonchev–Trinajstić information content (AvgIpc) is 4.12. The first kappa shape index (κ1) is 69.8. The Labute approximate surface area is 488 Å². The first-order chi connectivity index (χ1) is 39.3. The molecule has 83 heavy (non-hydrogen) atoms. The van der Waals surface area contributed by atoms with Gasteiger partial charge in [-0.3, -0.25) is 9.59 Å². The number of thiophene rings is 1. The molecule has 4 aliphatic heterocycles. The normalized spacial score (nSPS) is 43.8. The van der Waals surface area contributed by atoms with Crippen LogP contribution < -0.4 is 10.6 Å². The standard InChI is InChI=1S/C59H90N2O21S/c1-34-18-15-13-11-9-7-5-6-8-10-12-14-16-19-41(81-57-54(73)50(52(71)37(4)80-57)61-33-59(77)55(74)53(72)46(68)32-78-59)29-47-49(56(75)60-24-23-42-20-17-25-83-42)45(67)31-58(76,82-47)30-40(64)27-44(66)43(65)22-21-38(62)26-39(63)28-48(69)79-36(3)35(2)51(34)70/h5-20,25,34-41,43-47,49-55,57,61-68,70-74,76-77H,21-24,26-33H2,1-4H3,(H,60,75)/b6-5+,9-7+,10-8+,13-11+,14-12+,18-15+,19-16+/t34-,35?,36-,37+,38+,39+,40-,41-,43+,44+,45-,46+,47?,49?,50-,51+,52+,53-,54-,55-,57-,58+,59+/m0/s1. The minimum absolute atomic E-state index is 0.130. The molecule has 5 rings (SSSR count). The summed E-state index contributed by atoms with van der Waals surface area (Å²) in [4.78, 5) is 27.9. The second-order valence-electron chi connectivity index (χ2n) is 22.3. The molecule has 0 aromatic carbocycles. The van der Waals surface area contributed by atoms with Crippen LogP contribution in [0.3, 0.4) is 0 Å². The zero-order valence-electron chi connectivity index (χ0n) is 47.5. The van der Waals surface area contributed by atoms with Crippen LogP contribution in [0.2, 0.25) is 0 Å². The maximum Gasteiger partial charge on any atom is 0.308 e. The minimum Gasteiger partial charge on any atom is -0.462 e. The van der Waals surface area contributed by atoms with Gasteiger partial charge in [-0.1, -0.05) is 105 Å². The lowest BCUT2D eigenvalue weighted by molar-refractivity contribution is -0.323. The van der Waals surface area contributed by atoms with Crippen molar-refractivity contribution in [3.63, 3.8) is 0 Å². The van der Waals surface area contributed by atoms with Crippen molar-refractivity contribution in [2.45, 2.75) is 207 Å². The van der Waals surface area contributed by atoms with Crippen LogP contribution in [-0.4, -0.2) is 225 Å². The fourth-order valence-electron chi connectivity index (χ4n) is 10.4. The Morgan fingerprint density at radius 1 is 0.687 bits per heavy atom. The van der Waals surface area contributed by atoms with Crippen LogP contribution in [0.5, 0.6) is 0 Å². The lowest BCUT2D eigenvalue weighted by Crippen LogP contribution is -2.69. The number of hydrogen-bond acceptors (Lipinski definition) is 23. The van der Waals surface area contributed by atoms with Gasteiger partial charge in [0.05, 0.1) is 98.7 Å². The minimum atomic E-state index is -2.47. The highest BCUT2D eigenvalue weighted by atomic mass is 32.1. The van der Waals surface area contributed by atoms with Crippen LogP contribution in [0.15, 0.2) is 103 Å².